The van der Waals surface area contributed by atoms with Crippen molar-refractivity contribution in [2.45, 2.75) is 6.54 Å². The van der Waals surface area contributed by atoms with E-state index in [-0.39, 0.29) is 12.5 Å². The van der Waals surface area contributed by atoms with Crippen LogP contribution >= 0.6 is 11.6 Å². The molecular weight excluding hydrogens is 318 g/mol. The van der Waals surface area contributed by atoms with Crippen molar-refractivity contribution >= 4 is 23.5 Å². The van der Waals surface area contributed by atoms with Gasteiger partial charge in [-0.25, -0.2) is 4.79 Å². The molecule has 2 rings (SSSR count). The van der Waals surface area contributed by atoms with Gasteiger partial charge in [-0.2, -0.15) is 0 Å². The number of hydrogen-bond donors (Lipinski definition) is 1. The summed E-state index contributed by atoms with van der Waals surface area (Å²) in [4.78, 5) is 23.1. The van der Waals surface area contributed by atoms with Gasteiger partial charge in [-0.1, -0.05) is 29.8 Å². The topological polar surface area (TPSA) is 64.6 Å². The molecule has 120 valence electrons. The average Bonchev–Trinajstić information content (AvgIpc) is 2.58. The highest BCUT2D eigenvalue weighted by molar-refractivity contribution is 6.30. The summed E-state index contributed by atoms with van der Waals surface area (Å²) < 4.78 is 9.97. The van der Waals surface area contributed by atoms with Crippen molar-refractivity contribution in [3.8, 4) is 5.75 Å². The zero-order valence-corrected chi connectivity index (χ0v) is 13.3. The first-order chi connectivity index (χ1) is 11.1. The van der Waals surface area contributed by atoms with E-state index < -0.39 is 5.97 Å². The number of benzene rings is 2. The lowest BCUT2D eigenvalue weighted by Gasteiger charge is -2.08. The van der Waals surface area contributed by atoms with E-state index in [0.29, 0.717) is 22.9 Å². The molecule has 1 amide bonds. The molecule has 0 bridgehead atoms. The number of rotatable bonds is 6. The number of carbonyl (C=O) groups is 2. The molecule has 0 radical (unpaired) electrons. The van der Waals surface area contributed by atoms with Gasteiger partial charge in [-0.15, -0.1) is 0 Å². The molecule has 0 spiro atoms. The predicted molar refractivity (Wildman–Crippen MR) is 86.6 cm³/mol. The lowest BCUT2D eigenvalue weighted by molar-refractivity contribution is -0.123. The Morgan fingerprint density at radius 3 is 2.52 bits per heavy atom. The highest BCUT2D eigenvalue weighted by atomic mass is 35.5. The van der Waals surface area contributed by atoms with E-state index in [1.807, 2.05) is 0 Å². The Kier molecular flexibility index (Phi) is 6.00. The van der Waals surface area contributed by atoms with Crippen LogP contribution in [-0.2, 0) is 16.1 Å². The van der Waals surface area contributed by atoms with Crippen LogP contribution in [0.5, 0.6) is 5.75 Å². The Bertz CT molecular complexity index is 685. The van der Waals surface area contributed by atoms with E-state index in [2.05, 4.69) is 10.1 Å². The molecule has 0 saturated carbocycles. The second-order valence-electron chi connectivity index (χ2n) is 4.71. The smallest absolute Gasteiger partial charge is 0.337 e. The normalized spacial score (nSPS) is 10.0. The molecule has 0 fully saturated rings. The Morgan fingerprint density at radius 2 is 1.87 bits per heavy atom. The van der Waals surface area contributed by atoms with E-state index in [4.69, 9.17) is 16.3 Å². The number of ether oxygens (including phenoxy) is 2. The van der Waals surface area contributed by atoms with Gasteiger partial charge in [0.1, 0.15) is 5.75 Å². The maximum Gasteiger partial charge on any atom is 0.337 e. The van der Waals surface area contributed by atoms with Crippen molar-refractivity contribution in [1.29, 1.82) is 0 Å². The SMILES string of the molecule is COC(=O)c1ccc(CNC(=O)COc2cccc(Cl)c2)cc1. The highest BCUT2D eigenvalue weighted by Crippen LogP contribution is 2.16. The molecule has 0 aliphatic rings. The summed E-state index contributed by atoms with van der Waals surface area (Å²) in [7, 11) is 1.33. The maximum absolute atomic E-state index is 11.8. The van der Waals surface area contributed by atoms with Crippen molar-refractivity contribution in [2.24, 2.45) is 0 Å². The van der Waals surface area contributed by atoms with Gasteiger partial charge in [-0.05, 0) is 35.9 Å². The molecule has 1 N–H and O–H groups in total. The van der Waals surface area contributed by atoms with E-state index in [1.165, 1.54) is 7.11 Å². The Labute approximate surface area is 139 Å². The summed E-state index contributed by atoms with van der Waals surface area (Å²) in [5.41, 5.74) is 1.33. The van der Waals surface area contributed by atoms with Crippen LogP contribution in [0.15, 0.2) is 48.5 Å². The van der Waals surface area contributed by atoms with Crippen molar-refractivity contribution < 1.29 is 19.1 Å². The first-order valence-electron chi connectivity index (χ1n) is 6.91. The first kappa shape index (κ1) is 16.8. The molecule has 0 saturated heterocycles. The lowest BCUT2D eigenvalue weighted by atomic mass is 10.1. The third-order valence-corrected chi connectivity index (χ3v) is 3.27. The third kappa shape index (κ3) is 5.30. The van der Waals surface area contributed by atoms with Gasteiger partial charge in [0.05, 0.1) is 12.7 Å². The summed E-state index contributed by atoms with van der Waals surface area (Å²) in [5, 5.41) is 3.28. The molecule has 0 aliphatic carbocycles. The molecule has 0 aromatic heterocycles. The van der Waals surface area contributed by atoms with E-state index in [9.17, 15) is 9.59 Å². The van der Waals surface area contributed by atoms with E-state index in [1.54, 1.807) is 48.5 Å². The van der Waals surface area contributed by atoms with Crippen LogP contribution in [-0.4, -0.2) is 25.6 Å². The molecule has 6 heteroatoms. The van der Waals surface area contributed by atoms with Gasteiger partial charge in [0, 0.05) is 11.6 Å². The number of nitrogens with one attached hydrogen (secondary N) is 1. The summed E-state index contributed by atoms with van der Waals surface area (Å²) in [6.07, 6.45) is 0. The number of esters is 1. The van der Waals surface area contributed by atoms with Crippen molar-refractivity contribution in [3.05, 3.63) is 64.7 Å². The maximum atomic E-state index is 11.8. The zero-order valence-electron chi connectivity index (χ0n) is 12.5. The largest absolute Gasteiger partial charge is 0.484 e. The summed E-state index contributed by atoms with van der Waals surface area (Å²) in [5.74, 6) is -0.104. The molecule has 0 aliphatic heterocycles. The molecule has 5 nitrogen and oxygen atoms in total. The standard InChI is InChI=1S/C17H16ClNO4/c1-22-17(21)13-7-5-12(6-8-13)10-19-16(20)11-23-15-4-2-3-14(18)9-15/h2-9H,10-11H2,1H3,(H,19,20). The predicted octanol–water partition coefficient (Wildman–Crippen LogP) is 2.82. The number of methoxy groups -OCH3 is 1. The zero-order chi connectivity index (χ0) is 16.7. The van der Waals surface area contributed by atoms with Crippen LogP contribution in [0, 0.1) is 0 Å². The molecule has 0 atom stereocenters. The quantitative estimate of drug-likeness (QED) is 0.826. The summed E-state index contributed by atoms with van der Waals surface area (Å²) >= 11 is 5.83. The average molecular weight is 334 g/mol. The van der Waals surface area contributed by atoms with Gasteiger partial charge in [-0.3, -0.25) is 4.79 Å². The first-order valence-corrected chi connectivity index (χ1v) is 7.28. The van der Waals surface area contributed by atoms with Crippen LogP contribution < -0.4 is 10.1 Å². The van der Waals surface area contributed by atoms with Crippen LogP contribution in [0.1, 0.15) is 15.9 Å². The second kappa shape index (κ2) is 8.19. The molecule has 23 heavy (non-hydrogen) atoms. The van der Waals surface area contributed by atoms with Gasteiger partial charge in [0.15, 0.2) is 6.61 Å². The molecule has 0 unspecified atom stereocenters. The Balaban J connectivity index is 1.79. The highest BCUT2D eigenvalue weighted by Gasteiger charge is 2.06. The molecule has 2 aromatic rings. The lowest BCUT2D eigenvalue weighted by Crippen LogP contribution is -2.28. The van der Waals surface area contributed by atoms with Crippen molar-refractivity contribution in [1.82, 2.24) is 5.32 Å². The van der Waals surface area contributed by atoms with Crippen LogP contribution in [0.2, 0.25) is 5.02 Å². The van der Waals surface area contributed by atoms with Crippen LogP contribution in [0.25, 0.3) is 0 Å². The van der Waals surface area contributed by atoms with Crippen molar-refractivity contribution in [3.63, 3.8) is 0 Å². The molecule has 0 heterocycles. The third-order valence-electron chi connectivity index (χ3n) is 3.03. The van der Waals surface area contributed by atoms with Gasteiger partial charge >= 0.3 is 5.97 Å². The fourth-order valence-electron chi connectivity index (χ4n) is 1.83. The molecule has 2 aromatic carbocycles. The molecular formula is C17H16ClNO4. The Morgan fingerprint density at radius 1 is 1.13 bits per heavy atom. The van der Waals surface area contributed by atoms with Crippen LogP contribution in [0.4, 0.5) is 0 Å². The second-order valence-corrected chi connectivity index (χ2v) is 5.15. The van der Waals surface area contributed by atoms with E-state index >= 15 is 0 Å². The monoisotopic (exact) mass is 333 g/mol. The number of amides is 1. The minimum Gasteiger partial charge on any atom is -0.484 e. The van der Waals surface area contributed by atoms with Gasteiger partial charge < -0.3 is 14.8 Å². The summed E-state index contributed by atoms with van der Waals surface area (Å²) in [6, 6.07) is 13.6. The van der Waals surface area contributed by atoms with Crippen LogP contribution in [0.3, 0.4) is 0 Å². The Hall–Kier alpha value is -2.53. The van der Waals surface area contributed by atoms with Gasteiger partial charge in [0.25, 0.3) is 5.91 Å². The number of halogens is 1. The van der Waals surface area contributed by atoms with Gasteiger partial charge in [0.2, 0.25) is 0 Å². The number of hydrogen-bond acceptors (Lipinski definition) is 4. The fraction of sp³-hybridized carbons (Fsp3) is 0.176. The summed E-state index contributed by atoms with van der Waals surface area (Å²) in [6.45, 7) is 0.250. The van der Waals surface area contributed by atoms with E-state index in [0.717, 1.165) is 5.56 Å². The minimum absolute atomic E-state index is 0.0966. The minimum atomic E-state index is -0.393. The fourth-order valence-corrected chi connectivity index (χ4v) is 2.01. The van der Waals surface area contributed by atoms with Crippen molar-refractivity contribution in [2.75, 3.05) is 13.7 Å². The number of carbonyl (C=O) groups excluding carboxylic acids is 2.